The molecule has 0 fully saturated rings. The summed E-state index contributed by atoms with van der Waals surface area (Å²) in [4.78, 5) is 11.5. The second-order valence-electron chi connectivity index (χ2n) is 4.27. The van der Waals surface area contributed by atoms with E-state index in [9.17, 15) is 4.79 Å². The zero-order chi connectivity index (χ0) is 15.1. The van der Waals surface area contributed by atoms with Crippen LogP contribution in [0.15, 0.2) is 28.6 Å². The molecule has 0 radical (unpaired) electrons. The molecule has 0 aliphatic rings. The van der Waals surface area contributed by atoms with Crippen molar-refractivity contribution >= 4 is 34.1 Å². The van der Waals surface area contributed by atoms with Crippen molar-refractivity contribution in [3.63, 3.8) is 0 Å². The topological polar surface area (TPSA) is 78.7 Å². The second kappa shape index (κ2) is 7.76. The minimum atomic E-state index is -0.0353. The molecule has 1 N–H and O–H groups in total. The van der Waals surface area contributed by atoms with Gasteiger partial charge in [-0.1, -0.05) is 42.2 Å². The van der Waals surface area contributed by atoms with Crippen molar-refractivity contribution in [1.82, 2.24) is 10.2 Å². The molecule has 108 valence electrons. The maximum atomic E-state index is 11.5. The Bertz CT molecular complexity index is 663. The first kappa shape index (κ1) is 15.5. The Hall–Kier alpha value is -1.91. The lowest BCUT2D eigenvalue weighted by molar-refractivity contribution is -0.116. The van der Waals surface area contributed by atoms with Crippen LogP contribution in [0.2, 0.25) is 0 Å². The van der Waals surface area contributed by atoms with Crippen LogP contribution in [-0.4, -0.2) is 16.1 Å². The van der Waals surface area contributed by atoms with Crippen LogP contribution in [-0.2, 0) is 10.5 Å². The lowest BCUT2D eigenvalue weighted by atomic mass is 10.2. The lowest BCUT2D eigenvalue weighted by Crippen LogP contribution is -2.10. The average Bonchev–Trinajstić information content (AvgIpc) is 2.93. The molecule has 21 heavy (non-hydrogen) atoms. The van der Waals surface area contributed by atoms with Crippen LogP contribution in [0.1, 0.15) is 30.9 Å². The van der Waals surface area contributed by atoms with Gasteiger partial charge in [0, 0.05) is 12.2 Å². The number of rotatable bonds is 6. The first-order chi connectivity index (χ1) is 10.2. The lowest BCUT2D eigenvalue weighted by Gasteiger charge is -1.99. The minimum absolute atomic E-state index is 0.0353. The Morgan fingerprint density at radius 2 is 2.33 bits per heavy atom. The monoisotopic (exact) mass is 318 g/mol. The minimum Gasteiger partial charge on any atom is -0.301 e. The van der Waals surface area contributed by atoms with Gasteiger partial charge in [-0.2, -0.15) is 5.26 Å². The van der Waals surface area contributed by atoms with Crippen molar-refractivity contribution in [2.24, 2.45) is 0 Å². The van der Waals surface area contributed by atoms with Gasteiger partial charge in [0.05, 0.1) is 11.6 Å². The van der Waals surface area contributed by atoms with Gasteiger partial charge in [-0.15, -0.1) is 10.2 Å². The summed E-state index contributed by atoms with van der Waals surface area (Å²) in [5.74, 6) is 0.680. The molecular weight excluding hydrogens is 304 g/mol. The molecular formula is C14H14N4OS2. The van der Waals surface area contributed by atoms with Gasteiger partial charge in [-0.05, 0) is 24.1 Å². The number of nitrogens with zero attached hydrogens (tertiary/aromatic N) is 3. The maximum absolute atomic E-state index is 11.5. The standard InChI is InChI=1S/C14H14N4OS2/c1-2-4-12(19)16-13-17-18-14(21-13)20-9-11-6-3-5-10(7-11)8-15/h3,5-7H,2,4,9H2,1H3,(H,16,17,19). The van der Waals surface area contributed by atoms with E-state index in [4.69, 9.17) is 5.26 Å². The SMILES string of the molecule is CCCC(=O)Nc1nnc(SCc2cccc(C#N)c2)s1. The molecule has 0 aliphatic heterocycles. The van der Waals surface area contributed by atoms with Gasteiger partial charge in [0.15, 0.2) is 4.34 Å². The second-order valence-corrected chi connectivity index (χ2v) is 6.47. The first-order valence-electron chi connectivity index (χ1n) is 6.46. The third-order valence-electron chi connectivity index (χ3n) is 2.55. The molecule has 5 nitrogen and oxygen atoms in total. The Labute approximate surface area is 131 Å². The number of amides is 1. The third-order valence-corrected chi connectivity index (χ3v) is 4.59. The van der Waals surface area contributed by atoms with E-state index in [1.165, 1.54) is 23.1 Å². The molecule has 0 atom stereocenters. The molecule has 1 aromatic carbocycles. The van der Waals surface area contributed by atoms with Crippen LogP contribution >= 0.6 is 23.1 Å². The van der Waals surface area contributed by atoms with Gasteiger partial charge >= 0.3 is 0 Å². The molecule has 0 unspecified atom stereocenters. The fraction of sp³-hybridized carbons (Fsp3) is 0.286. The van der Waals surface area contributed by atoms with E-state index in [-0.39, 0.29) is 5.91 Å². The van der Waals surface area contributed by atoms with Gasteiger partial charge in [0.1, 0.15) is 0 Å². The smallest absolute Gasteiger partial charge is 0.226 e. The summed E-state index contributed by atoms with van der Waals surface area (Å²) in [6.07, 6.45) is 1.30. The molecule has 0 saturated carbocycles. The largest absolute Gasteiger partial charge is 0.301 e. The Kier molecular flexibility index (Phi) is 5.72. The van der Waals surface area contributed by atoms with Gasteiger partial charge in [0.25, 0.3) is 0 Å². The van der Waals surface area contributed by atoms with Crippen LogP contribution in [0.25, 0.3) is 0 Å². The van der Waals surface area contributed by atoms with Crippen molar-refractivity contribution in [2.45, 2.75) is 29.9 Å². The van der Waals surface area contributed by atoms with Crippen molar-refractivity contribution < 1.29 is 4.79 Å². The summed E-state index contributed by atoms with van der Waals surface area (Å²) in [5.41, 5.74) is 1.71. The number of thioether (sulfide) groups is 1. The fourth-order valence-corrected chi connectivity index (χ4v) is 3.31. The highest BCUT2D eigenvalue weighted by molar-refractivity contribution is 8.00. The molecule has 0 saturated heterocycles. The number of nitriles is 1. The van der Waals surface area contributed by atoms with Crippen molar-refractivity contribution in [3.8, 4) is 6.07 Å². The van der Waals surface area contributed by atoms with Crippen LogP contribution < -0.4 is 5.32 Å². The molecule has 0 bridgehead atoms. The molecule has 1 aromatic heterocycles. The van der Waals surface area contributed by atoms with Crippen molar-refractivity contribution in [3.05, 3.63) is 35.4 Å². The van der Waals surface area contributed by atoms with E-state index in [1.54, 1.807) is 6.07 Å². The normalized spacial score (nSPS) is 10.1. The van der Waals surface area contributed by atoms with Gasteiger partial charge < -0.3 is 5.32 Å². The molecule has 7 heteroatoms. The maximum Gasteiger partial charge on any atom is 0.226 e. The van der Waals surface area contributed by atoms with Crippen molar-refractivity contribution in [2.75, 3.05) is 5.32 Å². The highest BCUT2D eigenvalue weighted by atomic mass is 32.2. The van der Waals surface area contributed by atoms with Crippen LogP contribution in [0.3, 0.4) is 0 Å². The molecule has 1 amide bonds. The van der Waals surface area contributed by atoms with Gasteiger partial charge in [0.2, 0.25) is 11.0 Å². The number of anilines is 1. The van der Waals surface area contributed by atoms with E-state index in [0.29, 0.717) is 22.9 Å². The number of carbonyl (C=O) groups excluding carboxylic acids is 1. The number of aromatic nitrogens is 2. The predicted molar refractivity (Wildman–Crippen MR) is 84.2 cm³/mol. The van der Waals surface area contributed by atoms with E-state index in [0.717, 1.165) is 16.3 Å². The summed E-state index contributed by atoms with van der Waals surface area (Å²) in [6.45, 7) is 1.95. The van der Waals surface area contributed by atoms with Gasteiger partial charge in [-0.3, -0.25) is 4.79 Å². The fourth-order valence-electron chi connectivity index (χ4n) is 1.60. The zero-order valence-electron chi connectivity index (χ0n) is 11.5. The average molecular weight is 318 g/mol. The molecule has 0 spiro atoms. The van der Waals surface area contributed by atoms with Gasteiger partial charge in [-0.25, -0.2) is 0 Å². The number of hydrogen-bond acceptors (Lipinski definition) is 6. The summed E-state index contributed by atoms with van der Waals surface area (Å²) in [7, 11) is 0. The Morgan fingerprint density at radius 1 is 1.48 bits per heavy atom. The summed E-state index contributed by atoms with van der Waals surface area (Å²) in [5, 5.41) is 20.1. The van der Waals surface area contributed by atoms with Crippen LogP contribution in [0, 0.1) is 11.3 Å². The molecule has 0 aliphatic carbocycles. The zero-order valence-corrected chi connectivity index (χ0v) is 13.1. The third kappa shape index (κ3) is 4.85. The van der Waals surface area contributed by atoms with E-state index in [2.05, 4.69) is 21.6 Å². The van der Waals surface area contributed by atoms with Crippen LogP contribution in [0.4, 0.5) is 5.13 Å². The summed E-state index contributed by atoms with van der Waals surface area (Å²) >= 11 is 2.90. The molecule has 1 heterocycles. The Morgan fingerprint density at radius 3 is 3.10 bits per heavy atom. The van der Waals surface area contributed by atoms with E-state index in [1.807, 2.05) is 25.1 Å². The van der Waals surface area contributed by atoms with E-state index < -0.39 is 0 Å². The summed E-state index contributed by atoms with van der Waals surface area (Å²) < 4.78 is 0.796. The van der Waals surface area contributed by atoms with Crippen LogP contribution in [0.5, 0.6) is 0 Å². The summed E-state index contributed by atoms with van der Waals surface area (Å²) in [6, 6.07) is 9.60. The predicted octanol–water partition coefficient (Wildman–Crippen LogP) is 3.44. The number of nitrogens with one attached hydrogen (secondary N) is 1. The number of hydrogen-bond donors (Lipinski definition) is 1. The highest BCUT2D eigenvalue weighted by Gasteiger charge is 2.08. The first-order valence-corrected chi connectivity index (χ1v) is 8.26. The van der Waals surface area contributed by atoms with Crippen molar-refractivity contribution in [1.29, 1.82) is 5.26 Å². The molecule has 2 aromatic rings. The number of benzene rings is 1. The molecule has 2 rings (SSSR count). The van der Waals surface area contributed by atoms with E-state index >= 15 is 0 Å². The number of carbonyl (C=O) groups is 1. The Balaban J connectivity index is 1.90. The quantitative estimate of drug-likeness (QED) is 0.652. The highest BCUT2D eigenvalue weighted by Crippen LogP contribution is 2.28.